The Bertz CT molecular complexity index is 974. The number of hydrogen-bond acceptors (Lipinski definition) is 7. The Morgan fingerprint density at radius 3 is 2.36 bits per heavy atom. The van der Waals surface area contributed by atoms with Crippen LogP contribution >= 0.6 is 0 Å². The SMILES string of the molecule is NC1=NC2(CCCCC2)N(c2cccc(C(=O)OCC34CC5CC(CC(C5)C3)C4)c2)C(N)=N1. The number of esters is 1. The highest BCUT2D eigenvalue weighted by molar-refractivity contribution is 6.06. The molecule has 5 aliphatic carbocycles. The lowest BCUT2D eigenvalue weighted by Crippen LogP contribution is -2.58. The van der Waals surface area contributed by atoms with Crippen LogP contribution in [0.15, 0.2) is 34.3 Å². The minimum absolute atomic E-state index is 0.213. The quantitative estimate of drug-likeness (QED) is 0.671. The molecular weight excluding hydrogens is 414 g/mol. The number of hydrogen-bond donors (Lipinski definition) is 2. The average Bonchev–Trinajstić information content (AvgIpc) is 2.77. The largest absolute Gasteiger partial charge is 0.462 e. The zero-order valence-electron chi connectivity index (χ0n) is 19.3. The van der Waals surface area contributed by atoms with Crippen molar-refractivity contribution in [3.05, 3.63) is 29.8 Å². The molecule has 0 aromatic heterocycles. The Hall–Kier alpha value is -2.57. The standard InChI is InChI=1S/C26H35N5O2/c27-23-29-24(28)31(26(30-23)7-2-1-3-8-26)21-6-4-5-20(12-21)22(32)33-16-25-13-17-9-18(14-25)11-19(10-17)15-25/h4-6,12,17-19H,1-3,7-11,13-16H2,(H4,27,28,29,30). The van der Waals surface area contributed by atoms with Gasteiger partial charge in [0.05, 0.1) is 12.2 Å². The molecule has 1 spiro atoms. The van der Waals surface area contributed by atoms with Crippen LogP contribution in [0.1, 0.15) is 81.0 Å². The summed E-state index contributed by atoms with van der Waals surface area (Å²) >= 11 is 0. The van der Waals surface area contributed by atoms with Crippen LogP contribution in [0.2, 0.25) is 0 Å². The molecule has 176 valence electrons. The molecule has 6 aliphatic rings. The molecule has 1 aromatic carbocycles. The summed E-state index contributed by atoms with van der Waals surface area (Å²) in [5, 5.41) is 0. The van der Waals surface area contributed by atoms with Gasteiger partial charge in [-0.1, -0.05) is 12.5 Å². The number of benzene rings is 1. The van der Waals surface area contributed by atoms with E-state index < -0.39 is 5.66 Å². The summed E-state index contributed by atoms with van der Waals surface area (Å²) in [6.07, 6.45) is 12.9. The van der Waals surface area contributed by atoms with Gasteiger partial charge in [-0.05, 0) is 100 Å². The third-order valence-electron chi connectivity index (χ3n) is 8.87. The van der Waals surface area contributed by atoms with E-state index in [1.165, 1.54) is 44.9 Å². The van der Waals surface area contributed by atoms with E-state index in [0.717, 1.165) is 49.1 Å². The molecule has 7 nitrogen and oxygen atoms in total. The van der Waals surface area contributed by atoms with E-state index in [0.29, 0.717) is 18.1 Å². The maximum absolute atomic E-state index is 13.1. The molecule has 1 aliphatic heterocycles. The highest BCUT2D eigenvalue weighted by Crippen LogP contribution is 2.60. The smallest absolute Gasteiger partial charge is 0.338 e. The molecule has 0 radical (unpaired) electrons. The van der Waals surface area contributed by atoms with Crippen molar-refractivity contribution in [2.45, 2.75) is 76.3 Å². The average molecular weight is 450 g/mol. The van der Waals surface area contributed by atoms with E-state index in [9.17, 15) is 4.79 Å². The molecule has 33 heavy (non-hydrogen) atoms. The van der Waals surface area contributed by atoms with E-state index in [1.54, 1.807) is 0 Å². The van der Waals surface area contributed by atoms with E-state index in [-0.39, 0.29) is 17.3 Å². The zero-order valence-corrected chi connectivity index (χ0v) is 19.3. The topological polar surface area (TPSA) is 106 Å². The lowest BCUT2D eigenvalue weighted by atomic mass is 9.50. The van der Waals surface area contributed by atoms with Gasteiger partial charge in [0, 0.05) is 11.1 Å². The van der Waals surface area contributed by atoms with Gasteiger partial charge >= 0.3 is 5.97 Å². The van der Waals surface area contributed by atoms with Gasteiger partial charge in [-0.2, -0.15) is 4.99 Å². The Kier molecular flexibility index (Phi) is 4.93. The van der Waals surface area contributed by atoms with Crippen molar-refractivity contribution in [1.82, 2.24) is 0 Å². The van der Waals surface area contributed by atoms with Crippen molar-refractivity contribution >= 4 is 23.6 Å². The van der Waals surface area contributed by atoms with Crippen LogP contribution in [0, 0.1) is 23.2 Å². The maximum atomic E-state index is 13.1. The van der Waals surface area contributed by atoms with Gasteiger partial charge in [-0.15, -0.1) is 0 Å². The van der Waals surface area contributed by atoms with Gasteiger partial charge < -0.3 is 16.2 Å². The number of anilines is 1. The second kappa shape index (κ2) is 7.74. The molecule has 1 heterocycles. The van der Waals surface area contributed by atoms with Gasteiger partial charge in [-0.25, -0.2) is 9.79 Å². The van der Waals surface area contributed by atoms with Crippen molar-refractivity contribution in [3.63, 3.8) is 0 Å². The monoisotopic (exact) mass is 449 g/mol. The number of carbonyl (C=O) groups excluding carboxylic acids is 1. The molecule has 0 amide bonds. The molecule has 1 aromatic rings. The highest BCUT2D eigenvalue weighted by Gasteiger charge is 2.51. The number of guanidine groups is 2. The number of carbonyl (C=O) groups is 1. The first-order chi connectivity index (χ1) is 15.9. The summed E-state index contributed by atoms with van der Waals surface area (Å²) < 4.78 is 5.97. The summed E-state index contributed by atoms with van der Waals surface area (Å²) in [7, 11) is 0. The first-order valence-corrected chi connectivity index (χ1v) is 12.7. The molecular formula is C26H35N5O2. The first kappa shape index (κ1) is 21.0. The van der Waals surface area contributed by atoms with E-state index in [1.807, 2.05) is 29.2 Å². The number of nitrogens with zero attached hydrogens (tertiary/aromatic N) is 3. The fraction of sp³-hybridized carbons (Fsp3) is 0.654. The third-order valence-corrected chi connectivity index (χ3v) is 8.87. The second-order valence-electron chi connectivity index (χ2n) is 11.4. The van der Waals surface area contributed by atoms with Crippen LogP contribution in [0.25, 0.3) is 0 Å². The Balaban J connectivity index is 1.21. The van der Waals surface area contributed by atoms with Crippen LogP contribution in [0.3, 0.4) is 0 Å². The third kappa shape index (κ3) is 3.69. The van der Waals surface area contributed by atoms with Gasteiger partial charge in [0.1, 0.15) is 5.66 Å². The summed E-state index contributed by atoms with van der Waals surface area (Å²) in [5.74, 6) is 2.86. The number of nitrogens with two attached hydrogens (primary N) is 2. The van der Waals surface area contributed by atoms with Gasteiger partial charge in [-0.3, -0.25) is 4.90 Å². The summed E-state index contributed by atoms with van der Waals surface area (Å²) in [6.45, 7) is 0.553. The Morgan fingerprint density at radius 1 is 1.03 bits per heavy atom. The van der Waals surface area contributed by atoms with Crippen LogP contribution < -0.4 is 16.4 Å². The second-order valence-corrected chi connectivity index (χ2v) is 11.4. The first-order valence-electron chi connectivity index (χ1n) is 12.7. The lowest BCUT2D eigenvalue weighted by Gasteiger charge is -2.56. The predicted octanol–water partition coefficient (Wildman–Crippen LogP) is 4.17. The van der Waals surface area contributed by atoms with E-state index >= 15 is 0 Å². The molecule has 0 unspecified atom stereocenters. The normalized spacial score (nSPS) is 34.2. The summed E-state index contributed by atoms with van der Waals surface area (Å²) in [5.41, 5.74) is 13.4. The number of rotatable bonds is 4. The molecule has 0 atom stereocenters. The molecule has 4 N–H and O–H groups in total. The highest BCUT2D eigenvalue weighted by atomic mass is 16.5. The zero-order chi connectivity index (χ0) is 22.6. The van der Waals surface area contributed by atoms with Crippen molar-refractivity contribution in [2.75, 3.05) is 11.5 Å². The summed E-state index contributed by atoms with van der Waals surface area (Å²) in [6, 6.07) is 7.56. The molecule has 4 bridgehead atoms. The van der Waals surface area contributed by atoms with Crippen LogP contribution in [0.5, 0.6) is 0 Å². The van der Waals surface area contributed by atoms with Crippen molar-refractivity contribution in [1.29, 1.82) is 0 Å². The molecule has 7 rings (SSSR count). The van der Waals surface area contributed by atoms with Crippen molar-refractivity contribution in [2.24, 2.45) is 44.6 Å². The fourth-order valence-electron chi connectivity index (χ4n) is 8.04. The van der Waals surface area contributed by atoms with Crippen molar-refractivity contribution in [3.8, 4) is 0 Å². The Labute approximate surface area is 195 Å². The minimum Gasteiger partial charge on any atom is -0.462 e. The Morgan fingerprint density at radius 2 is 1.70 bits per heavy atom. The van der Waals surface area contributed by atoms with Crippen LogP contribution in [-0.2, 0) is 4.74 Å². The van der Waals surface area contributed by atoms with Crippen molar-refractivity contribution < 1.29 is 9.53 Å². The minimum atomic E-state index is -0.518. The van der Waals surface area contributed by atoms with E-state index in [2.05, 4.69) is 4.99 Å². The molecule has 5 fully saturated rings. The van der Waals surface area contributed by atoms with Gasteiger partial charge in [0.15, 0.2) is 0 Å². The lowest BCUT2D eigenvalue weighted by molar-refractivity contribution is -0.0848. The number of aliphatic imine (C=N–C) groups is 2. The predicted molar refractivity (Wildman–Crippen MR) is 129 cm³/mol. The van der Waals surface area contributed by atoms with Gasteiger partial charge in [0.2, 0.25) is 11.9 Å². The van der Waals surface area contributed by atoms with Gasteiger partial charge in [0.25, 0.3) is 0 Å². The maximum Gasteiger partial charge on any atom is 0.338 e. The summed E-state index contributed by atoms with van der Waals surface area (Å²) in [4.78, 5) is 24.1. The molecule has 5 saturated carbocycles. The van der Waals surface area contributed by atoms with E-state index in [4.69, 9.17) is 21.2 Å². The van der Waals surface area contributed by atoms with Crippen LogP contribution in [-0.4, -0.2) is 30.2 Å². The molecule has 7 heteroatoms. The number of ether oxygens (including phenoxy) is 1. The fourth-order valence-corrected chi connectivity index (χ4v) is 8.04. The molecule has 0 saturated heterocycles. The van der Waals surface area contributed by atoms with Crippen LogP contribution in [0.4, 0.5) is 5.69 Å².